The zero-order valence-corrected chi connectivity index (χ0v) is 8.12. The summed E-state index contributed by atoms with van der Waals surface area (Å²) in [6.07, 6.45) is 0. The van der Waals surface area contributed by atoms with Gasteiger partial charge in [0.2, 0.25) is 0 Å². The summed E-state index contributed by atoms with van der Waals surface area (Å²) in [5, 5.41) is 0. The van der Waals surface area contributed by atoms with Crippen molar-refractivity contribution in [1.82, 2.24) is 0 Å². The minimum absolute atomic E-state index is 0.331. The Balaban J connectivity index is 2.57. The maximum atomic E-state index is 5.38. The molecule has 14 heavy (non-hydrogen) atoms. The molecule has 0 saturated heterocycles. The fourth-order valence-corrected chi connectivity index (χ4v) is 0.975. The quantitative estimate of drug-likeness (QED) is 0.726. The van der Waals surface area contributed by atoms with E-state index in [1.165, 1.54) is 0 Å². The molecule has 0 fully saturated rings. The van der Waals surface area contributed by atoms with Crippen LogP contribution in [-0.4, -0.2) is 20.3 Å². The van der Waals surface area contributed by atoms with Crippen LogP contribution in [0.4, 0.5) is 0 Å². The molecule has 0 aliphatic heterocycles. The lowest BCUT2D eigenvalue weighted by atomic mass is 10.3. The summed E-state index contributed by atoms with van der Waals surface area (Å²) in [6.45, 7) is 0.687. The molecule has 0 aliphatic carbocycles. The summed E-state index contributed by atoms with van der Waals surface area (Å²) in [4.78, 5) is 0. The minimum Gasteiger partial charge on any atom is -0.493 e. The number of hydrogen-bond donors (Lipinski definition) is 1. The molecule has 0 unspecified atom stereocenters. The maximum absolute atomic E-state index is 5.38. The van der Waals surface area contributed by atoms with Crippen molar-refractivity contribution in [3.8, 4) is 23.3 Å². The van der Waals surface area contributed by atoms with Crippen LogP contribution >= 0.6 is 0 Å². The molecular formula is C11H13NO2. The Morgan fingerprint density at radius 3 is 2.57 bits per heavy atom. The van der Waals surface area contributed by atoms with Crippen LogP contribution in [0.3, 0.4) is 0 Å². The maximum Gasteiger partial charge on any atom is 0.162 e. The van der Waals surface area contributed by atoms with Crippen LogP contribution < -0.4 is 15.2 Å². The van der Waals surface area contributed by atoms with Gasteiger partial charge in [0, 0.05) is 0 Å². The standard InChI is InChI=1S/C11H13NO2/c1-13-10-6-2-3-7-11(10)14-9-5-4-8-12/h2-3,6-7H,8-9,12H2,1H3. The zero-order chi connectivity index (χ0) is 10.2. The van der Waals surface area contributed by atoms with Crippen LogP contribution in [-0.2, 0) is 0 Å². The van der Waals surface area contributed by atoms with Gasteiger partial charge in [-0.1, -0.05) is 24.0 Å². The molecule has 1 rings (SSSR count). The molecule has 0 aliphatic rings. The summed E-state index contributed by atoms with van der Waals surface area (Å²) >= 11 is 0. The van der Waals surface area contributed by atoms with E-state index >= 15 is 0 Å². The first-order valence-corrected chi connectivity index (χ1v) is 4.30. The van der Waals surface area contributed by atoms with Gasteiger partial charge in [-0.05, 0) is 12.1 Å². The molecule has 1 aromatic carbocycles. The molecule has 0 bridgehead atoms. The molecule has 0 heterocycles. The average Bonchev–Trinajstić information content (AvgIpc) is 2.25. The molecule has 0 amide bonds. The number of hydrogen-bond acceptors (Lipinski definition) is 3. The van der Waals surface area contributed by atoms with Gasteiger partial charge in [-0.15, -0.1) is 0 Å². The van der Waals surface area contributed by atoms with Gasteiger partial charge >= 0.3 is 0 Å². The van der Waals surface area contributed by atoms with Gasteiger partial charge in [0.15, 0.2) is 11.5 Å². The monoisotopic (exact) mass is 191 g/mol. The van der Waals surface area contributed by atoms with Crippen molar-refractivity contribution in [2.75, 3.05) is 20.3 Å². The van der Waals surface area contributed by atoms with Crippen molar-refractivity contribution in [3.63, 3.8) is 0 Å². The first kappa shape index (κ1) is 10.4. The molecule has 1 aromatic rings. The van der Waals surface area contributed by atoms with Gasteiger partial charge in [-0.3, -0.25) is 0 Å². The van der Waals surface area contributed by atoms with Crippen LogP contribution in [0.1, 0.15) is 0 Å². The molecule has 0 saturated carbocycles. The highest BCUT2D eigenvalue weighted by atomic mass is 16.5. The van der Waals surface area contributed by atoms with E-state index in [4.69, 9.17) is 15.2 Å². The smallest absolute Gasteiger partial charge is 0.162 e. The van der Waals surface area contributed by atoms with Gasteiger partial charge in [-0.2, -0.15) is 0 Å². The van der Waals surface area contributed by atoms with Crippen LogP contribution in [0, 0.1) is 11.8 Å². The number of para-hydroxylation sites is 2. The lowest BCUT2D eigenvalue weighted by Gasteiger charge is -2.06. The normalized spacial score (nSPS) is 8.71. The predicted molar refractivity (Wildman–Crippen MR) is 55.3 cm³/mol. The molecule has 74 valence electrons. The third-order valence-electron chi connectivity index (χ3n) is 1.60. The number of nitrogens with two attached hydrogens (primary N) is 1. The van der Waals surface area contributed by atoms with Crippen molar-refractivity contribution in [2.24, 2.45) is 5.73 Å². The summed E-state index contributed by atoms with van der Waals surface area (Å²) in [5.74, 6) is 6.91. The highest BCUT2D eigenvalue weighted by Gasteiger charge is 1.99. The largest absolute Gasteiger partial charge is 0.493 e. The third kappa shape index (κ3) is 3.00. The van der Waals surface area contributed by atoms with Crippen LogP contribution in [0.15, 0.2) is 24.3 Å². The van der Waals surface area contributed by atoms with Crippen molar-refractivity contribution < 1.29 is 9.47 Å². The Labute approximate surface area is 83.8 Å². The van der Waals surface area contributed by atoms with E-state index in [1.807, 2.05) is 24.3 Å². The SMILES string of the molecule is COc1ccccc1OCC#CCN. The number of methoxy groups -OCH3 is 1. The van der Waals surface area contributed by atoms with Crippen molar-refractivity contribution in [3.05, 3.63) is 24.3 Å². The van der Waals surface area contributed by atoms with E-state index in [1.54, 1.807) is 7.11 Å². The van der Waals surface area contributed by atoms with Gasteiger partial charge in [0.05, 0.1) is 13.7 Å². The molecule has 3 nitrogen and oxygen atoms in total. The van der Waals surface area contributed by atoms with E-state index in [0.717, 1.165) is 0 Å². The molecule has 2 N–H and O–H groups in total. The molecule has 0 radical (unpaired) electrons. The van der Waals surface area contributed by atoms with E-state index in [2.05, 4.69) is 11.8 Å². The first-order chi connectivity index (χ1) is 6.88. The Bertz CT molecular complexity index is 339. The Hall–Kier alpha value is -1.66. The Morgan fingerprint density at radius 1 is 1.21 bits per heavy atom. The van der Waals surface area contributed by atoms with Gasteiger partial charge in [-0.25, -0.2) is 0 Å². The molecule has 0 aromatic heterocycles. The zero-order valence-electron chi connectivity index (χ0n) is 8.12. The second-order valence-corrected chi connectivity index (χ2v) is 2.50. The summed E-state index contributed by atoms with van der Waals surface area (Å²) < 4.78 is 10.5. The van der Waals surface area contributed by atoms with E-state index in [9.17, 15) is 0 Å². The number of benzene rings is 1. The minimum atomic E-state index is 0.331. The van der Waals surface area contributed by atoms with Gasteiger partial charge in [0.25, 0.3) is 0 Å². The average molecular weight is 191 g/mol. The predicted octanol–water partition coefficient (Wildman–Crippen LogP) is 1.04. The Kier molecular flexibility index (Phi) is 4.39. The summed E-state index contributed by atoms with van der Waals surface area (Å²) in [6, 6.07) is 7.44. The molecule has 3 heteroatoms. The highest BCUT2D eigenvalue weighted by Crippen LogP contribution is 2.25. The first-order valence-electron chi connectivity index (χ1n) is 4.30. The van der Waals surface area contributed by atoms with Crippen LogP contribution in [0.2, 0.25) is 0 Å². The third-order valence-corrected chi connectivity index (χ3v) is 1.60. The van der Waals surface area contributed by atoms with E-state index < -0.39 is 0 Å². The summed E-state index contributed by atoms with van der Waals surface area (Å²) in [7, 11) is 1.60. The lowest BCUT2D eigenvalue weighted by Crippen LogP contribution is -1.98. The van der Waals surface area contributed by atoms with E-state index in [-0.39, 0.29) is 0 Å². The fraction of sp³-hybridized carbons (Fsp3) is 0.273. The van der Waals surface area contributed by atoms with Crippen molar-refractivity contribution >= 4 is 0 Å². The van der Waals surface area contributed by atoms with Gasteiger partial charge < -0.3 is 15.2 Å². The van der Waals surface area contributed by atoms with Crippen LogP contribution in [0.5, 0.6) is 11.5 Å². The van der Waals surface area contributed by atoms with Crippen LogP contribution in [0.25, 0.3) is 0 Å². The number of rotatable bonds is 3. The second kappa shape index (κ2) is 5.90. The fourth-order valence-electron chi connectivity index (χ4n) is 0.975. The number of ether oxygens (including phenoxy) is 2. The van der Waals surface area contributed by atoms with E-state index in [0.29, 0.717) is 24.7 Å². The highest BCUT2D eigenvalue weighted by molar-refractivity contribution is 5.39. The topological polar surface area (TPSA) is 44.5 Å². The van der Waals surface area contributed by atoms with Gasteiger partial charge in [0.1, 0.15) is 6.61 Å². The summed E-state index contributed by atoms with van der Waals surface area (Å²) in [5.41, 5.74) is 5.21. The second-order valence-electron chi connectivity index (χ2n) is 2.50. The van der Waals surface area contributed by atoms with Crippen molar-refractivity contribution in [2.45, 2.75) is 0 Å². The van der Waals surface area contributed by atoms with Crippen molar-refractivity contribution in [1.29, 1.82) is 0 Å². The lowest BCUT2D eigenvalue weighted by molar-refractivity contribution is 0.331. The molecular weight excluding hydrogens is 178 g/mol. The molecule has 0 atom stereocenters. The molecule has 0 spiro atoms. The Morgan fingerprint density at radius 2 is 1.93 bits per heavy atom.